The Balaban J connectivity index is 1.54. The van der Waals surface area contributed by atoms with Crippen molar-refractivity contribution in [1.82, 2.24) is 14.9 Å². The van der Waals surface area contributed by atoms with Gasteiger partial charge in [0.1, 0.15) is 17.5 Å². The fourth-order valence-corrected chi connectivity index (χ4v) is 3.69. The van der Waals surface area contributed by atoms with E-state index >= 15 is 0 Å². The molecule has 0 unspecified atom stereocenters. The number of aromatic nitrogens is 2. The van der Waals surface area contributed by atoms with Crippen molar-refractivity contribution >= 4 is 17.5 Å². The van der Waals surface area contributed by atoms with E-state index in [1.807, 2.05) is 35.2 Å². The zero-order chi connectivity index (χ0) is 18.6. The van der Waals surface area contributed by atoms with Gasteiger partial charge in [-0.2, -0.15) is 0 Å². The zero-order valence-electron chi connectivity index (χ0n) is 14.8. The number of hydrogen-bond donors (Lipinski definition) is 0. The maximum atomic E-state index is 12.9. The van der Waals surface area contributed by atoms with Gasteiger partial charge in [0.25, 0.3) is 5.91 Å². The number of hydrogen-bond acceptors (Lipinski definition) is 4. The summed E-state index contributed by atoms with van der Waals surface area (Å²) in [6.07, 6.45) is 6.87. The highest BCUT2D eigenvalue weighted by Gasteiger charge is 2.32. The molecule has 1 amide bonds. The van der Waals surface area contributed by atoms with E-state index in [1.165, 1.54) is 0 Å². The number of pyridine rings is 1. The Hall–Kier alpha value is -2.66. The van der Waals surface area contributed by atoms with Crippen molar-refractivity contribution in [2.24, 2.45) is 0 Å². The van der Waals surface area contributed by atoms with Crippen LogP contribution in [0.5, 0.6) is 0 Å². The van der Waals surface area contributed by atoms with Crippen LogP contribution >= 0.6 is 11.6 Å². The number of amides is 1. The number of carbonyl (C=O) groups excluding carboxylic acids is 1. The lowest BCUT2D eigenvalue weighted by molar-refractivity contribution is 0.0564. The number of rotatable bonds is 4. The lowest BCUT2D eigenvalue weighted by atomic mass is 10.0. The third kappa shape index (κ3) is 4.03. The van der Waals surface area contributed by atoms with Crippen LogP contribution in [-0.2, 0) is 6.42 Å². The first-order valence-corrected chi connectivity index (χ1v) is 9.49. The van der Waals surface area contributed by atoms with Crippen LogP contribution in [0.1, 0.15) is 53.0 Å². The number of oxazole rings is 1. The van der Waals surface area contributed by atoms with E-state index in [1.54, 1.807) is 24.5 Å². The molecule has 1 saturated heterocycles. The summed E-state index contributed by atoms with van der Waals surface area (Å²) in [6, 6.07) is 12.9. The average Bonchev–Trinajstić information content (AvgIpc) is 3.16. The van der Waals surface area contributed by atoms with Crippen molar-refractivity contribution in [1.29, 1.82) is 0 Å². The summed E-state index contributed by atoms with van der Waals surface area (Å²) in [4.78, 5) is 23.4. The van der Waals surface area contributed by atoms with Crippen LogP contribution in [-0.4, -0.2) is 27.3 Å². The largest absolute Gasteiger partial charge is 0.443 e. The maximum absolute atomic E-state index is 12.9. The molecule has 138 valence electrons. The Morgan fingerprint density at radius 2 is 2.11 bits per heavy atom. The van der Waals surface area contributed by atoms with Crippen molar-refractivity contribution in [2.45, 2.75) is 31.7 Å². The van der Waals surface area contributed by atoms with Gasteiger partial charge in [0.2, 0.25) is 5.89 Å². The summed E-state index contributed by atoms with van der Waals surface area (Å²) in [6.45, 7) is 0.687. The van der Waals surface area contributed by atoms with Crippen LogP contribution in [0.3, 0.4) is 0 Å². The minimum Gasteiger partial charge on any atom is -0.443 e. The van der Waals surface area contributed by atoms with Gasteiger partial charge in [0.05, 0.1) is 6.20 Å². The number of likely N-dealkylation sites (tertiary alicyclic amines) is 1. The summed E-state index contributed by atoms with van der Waals surface area (Å²) >= 11 is 6.05. The minimum absolute atomic E-state index is 0.0742. The topological polar surface area (TPSA) is 59.2 Å². The number of halogens is 1. The monoisotopic (exact) mass is 381 g/mol. The molecule has 3 aromatic rings. The molecule has 1 atom stereocenters. The van der Waals surface area contributed by atoms with Crippen LogP contribution < -0.4 is 0 Å². The molecule has 6 heteroatoms. The van der Waals surface area contributed by atoms with E-state index in [4.69, 9.17) is 16.0 Å². The molecular weight excluding hydrogens is 362 g/mol. The maximum Gasteiger partial charge on any atom is 0.273 e. The Morgan fingerprint density at radius 1 is 1.19 bits per heavy atom. The molecule has 0 saturated carbocycles. The lowest BCUT2D eigenvalue weighted by Gasteiger charge is -2.33. The van der Waals surface area contributed by atoms with Gasteiger partial charge in [-0.25, -0.2) is 4.98 Å². The Labute approximate surface area is 163 Å². The third-order valence-electron chi connectivity index (χ3n) is 4.77. The first-order valence-electron chi connectivity index (χ1n) is 9.12. The van der Waals surface area contributed by atoms with Crippen molar-refractivity contribution in [3.8, 4) is 0 Å². The SMILES string of the molecule is O=C(c1ccccn1)N1CCCC[C@H]1c1ncc(Cc2cccc(Cl)c2)o1. The number of benzene rings is 1. The van der Waals surface area contributed by atoms with Crippen LogP contribution in [0.2, 0.25) is 5.02 Å². The minimum atomic E-state index is -0.152. The summed E-state index contributed by atoms with van der Waals surface area (Å²) in [5.74, 6) is 1.29. The molecule has 27 heavy (non-hydrogen) atoms. The zero-order valence-corrected chi connectivity index (χ0v) is 15.6. The molecular formula is C21H20ClN3O2. The predicted octanol–water partition coefficient (Wildman–Crippen LogP) is 4.68. The normalized spacial score (nSPS) is 17.1. The van der Waals surface area contributed by atoms with Gasteiger partial charge in [-0.05, 0) is 49.1 Å². The Bertz CT molecular complexity index is 926. The van der Waals surface area contributed by atoms with Gasteiger partial charge in [0.15, 0.2) is 0 Å². The fraction of sp³-hybridized carbons (Fsp3) is 0.286. The summed E-state index contributed by atoms with van der Waals surface area (Å²) < 4.78 is 6.01. The van der Waals surface area contributed by atoms with Crippen molar-refractivity contribution in [3.63, 3.8) is 0 Å². The van der Waals surface area contributed by atoms with E-state index in [9.17, 15) is 4.79 Å². The summed E-state index contributed by atoms with van der Waals surface area (Å²) in [5.41, 5.74) is 1.52. The molecule has 0 aliphatic carbocycles. The predicted molar refractivity (Wildman–Crippen MR) is 103 cm³/mol. The average molecular weight is 382 g/mol. The van der Waals surface area contributed by atoms with E-state index in [2.05, 4.69) is 9.97 Å². The molecule has 0 N–H and O–H groups in total. The molecule has 3 heterocycles. The molecule has 0 radical (unpaired) electrons. The highest BCUT2D eigenvalue weighted by Crippen LogP contribution is 2.32. The molecule has 1 aliphatic rings. The molecule has 4 rings (SSSR count). The van der Waals surface area contributed by atoms with Crippen LogP contribution in [0.25, 0.3) is 0 Å². The van der Waals surface area contributed by atoms with Crippen molar-refractivity contribution in [3.05, 3.63) is 82.8 Å². The third-order valence-corrected chi connectivity index (χ3v) is 5.01. The molecule has 1 aliphatic heterocycles. The Morgan fingerprint density at radius 3 is 2.93 bits per heavy atom. The molecule has 5 nitrogen and oxygen atoms in total. The van der Waals surface area contributed by atoms with E-state index < -0.39 is 0 Å². The second kappa shape index (κ2) is 7.92. The summed E-state index contributed by atoms with van der Waals surface area (Å²) in [7, 11) is 0. The quantitative estimate of drug-likeness (QED) is 0.658. The van der Waals surface area contributed by atoms with Crippen molar-refractivity contribution < 1.29 is 9.21 Å². The van der Waals surface area contributed by atoms with E-state index in [0.717, 1.165) is 30.6 Å². The van der Waals surface area contributed by atoms with Gasteiger partial charge < -0.3 is 9.32 Å². The van der Waals surface area contributed by atoms with Gasteiger partial charge in [-0.3, -0.25) is 9.78 Å². The van der Waals surface area contributed by atoms with Gasteiger partial charge in [-0.15, -0.1) is 0 Å². The second-order valence-electron chi connectivity index (χ2n) is 6.70. The van der Waals surface area contributed by atoms with E-state index in [0.29, 0.717) is 29.6 Å². The van der Waals surface area contributed by atoms with Crippen LogP contribution in [0.15, 0.2) is 59.3 Å². The van der Waals surface area contributed by atoms with Crippen LogP contribution in [0.4, 0.5) is 0 Å². The smallest absolute Gasteiger partial charge is 0.273 e. The summed E-state index contributed by atoms with van der Waals surface area (Å²) in [5, 5.41) is 0.701. The molecule has 0 spiro atoms. The molecule has 1 fully saturated rings. The van der Waals surface area contributed by atoms with Crippen LogP contribution in [0, 0.1) is 0 Å². The Kier molecular flexibility index (Phi) is 5.21. The molecule has 2 aromatic heterocycles. The van der Waals surface area contributed by atoms with E-state index in [-0.39, 0.29) is 11.9 Å². The number of nitrogens with zero attached hydrogens (tertiary/aromatic N) is 3. The number of piperidine rings is 1. The van der Waals surface area contributed by atoms with Gasteiger partial charge in [-0.1, -0.05) is 29.8 Å². The fourth-order valence-electron chi connectivity index (χ4n) is 3.47. The lowest BCUT2D eigenvalue weighted by Crippen LogP contribution is -2.39. The highest BCUT2D eigenvalue weighted by molar-refractivity contribution is 6.30. The first kappa shape index (κ1) is 17.7. The van der Waals surface area contributed by atoms with Gasteiger partial charge in [0, 0.05) is 24.2 Å². The van der Waals surface area contributed by atoms with Gasteiger partial charge >= 0.3 is 0 Å². The molecule has 0 bridgehead atoms. The second-order valence-corrected chi connectivity index (χ2v) is 7.13. The highest BCUT2D eigenvalue weighted by atomic mass is 35.5. The molecule has 1 aromatic carbocycles. The first-order chi connectivity index (χ1) is 13.2. The van der Waals surface area contributed by atoms with Crippen molar-refractivity contribution in [2.75, 3.05) is 6.54 Å². The standard InChI is InChI=1S/C21H20ClN3O2/c22-16-7-5-6-15(12-16)13-17-14-24-20(27-17)19-9-2-4-11-25(19)21(26)18-8-1-3-10-23-18/h1,3,5-8,10,12,14,19H,2,4,9,11,13H2/t19-/m0/s1. The number of carbonyl (C=O) groups is 1.